The van der Waals surface area contributed by atoms with Gasteiger partial charge in [0.2, 0.25) is 6.16 Å². The zero-order valence-electron chi connectivity index (χ0n) is 13.6. The lowest BCUT2D eigenvalue weighted by Crippen LogP contribution is -2.44. The van der Waals surface area contributed by atoms with Crippen LogP contribution in [0.2, 0.25) is 0 Å². The van der Waals surface area contributed by atoms with Crippen LogP contribution in [0.4, 0.5) is 0 Å². The summed E-state index contributed by atoms with van der Waals surface area (Å²) in [4.78, 5) is 28.2. The van der Waals surface area contributed by atoms with Crippen molar-refractivity contribution in [3.8, 4) is 0 Å². The second-order valence-corrected chi connectivity index (χ2v) is 6.84. The van der Waals surface area contributed by atoms with E-state index in [-0.39, 0.29) is 0 Å². The average molecular weight is 327 g/mol. The Balaban J connectivity index is 4.78. The zero-order chi connectivity index (χ0) is 16.2. The van der Waals surface area contributed by atoms with Gasteiger partial charge in [-0.2, -0.15) is 14.7 Å². The molecule has 7 heteroatoms. The molecular formula is C14H32O6P+. The van der Waals surface area contributed by atoms with Gasteiger partial charge in [0.15, 0.2) is 0 Å². The molecule has 0 fully saturated rings. The second kappa shape index (κ2) is 11.7. The molecule has 0 radical (unpaired) electrons. The fourth-order valence-electron chi connectivity index (χ4n) is 1.64. The SMILES string of the molecule is CCCCOC(C[P+](O)(O)O)(OCCCC)OCCCC. The van der Waals surface area contributed by atoms with E-state index in [9.17, 15) is 14.7 Å². The van der Waals surface area contributed by atoms with Crippen molar-refractivity contribution in [1.82, 2.24) is 0 Å². The van der Waals surface area contributed by atoms with E-state index < -0.39 is 20.1 Å². The topological polar surface area (TPSA) is 88.4 Å². The van der Waals surface area contributed by atoms with Crippen LogP contribution in [0, 0.1) is 0 Å². The zero-order valence-corrected chi connectivity index (χ0v) is 14.5. The van der Waals surface area contributed by atoms with Gasteiger partial charge in [-0.05, 0) is 19.3 Å². The number of unbranched alkanes of at least 4 members (excludes halogenated alkanes) is 3. The fraction of sp³-hybridized carbons (Fsp3) is 1.00. The van der Waals surface area contributed by atoms with Crippen LogP contribution in [-0.4, -0.2) is 46.6 Å². The number of hydrogen-bond acceptors (Lipinski definition) is 6. The lowest BCUT2D eigenvalue weighted by Gasteiger charge is -2.32. The van der Waals surface area contributed by atoms with Gasteiger partial charge in [0.1, 0.15) is 0 Å². The standard InChI is InChI=1S/C14H32O6P/c1-4-7-10-18-14(13-21(15,16)17,19-11-8-5-2)20-12-9-6-3/h15-17H,4-13H2,1-3H3/q+1. The van der Waals surface area contributed by atoms with Crippen molar-refractivity contribution in [2.45, 2.75) is 65.3 Å². The van der Waals surface area contributed by atoms with E-state index >= 15 is 0 Å². The predicted octanol–water partition coefficient (Wildman–Crippen LogP) is 2.83. The van der Waals surface area contributed by atoms with Gasteiger partial charge in [-0.3, -0.25) is 0 Å². The minimum Gasteiger partial charge on any atom is -0.324 e. The predicted molar refractivity (Wildman–Crippen MR) is 83.8 cm³/mol. The molecule has 128 valence electrons. The molecule has 0 amide bonds. The summed E-state index contributed by atoms with van der Waals surface area (Å²) in [7, 11) is -4.06. The second-order valence-electron chi connectivity index (χ2n) is 5.14. The number of ether oxygens (including phenoxy) is 3. The summed E-state index contributed by atoms with van der Waals surface area (Å²) in [5.41, 5.74) is 0. The minimum absolute atomic E-state index is 0.384. The van der Waals surface area contributed by atoms with Crippen molar-refractivity contribution in [1.29, 1.82) is 0 Å². The molecule has 0 aromatic heterocycles. The first-order chi connectivity index (χ1) is 9.89. The minimum atomic E-state index is -4.06. The van der Waals surface area contributed by atoms with Gasteiger partial charge in [-0.25, -0.2) is 0 Å². The molecule has 6 nitrogen and oxygen atoms in total. The lowest BCUT2D eigenvalue weighted by atomic mass is 10.3. The van der Waals surface area contributed by atoms with Gasteiger partial charge in [0.25, 0.3) is 0 Å². The fourth-order valence-corrected chi connectivity index (χ4v) is 2.43. The highest BCUT2D eigenvalue weighted by molar-refractivity contribution is 7.58. The first kappa shape index (κ1) is 21.2. The van der Waals surface area contributed by atoms with Crippen molar-refractivity contribution in [3.05, 3.63) is 0 Å². The molecule has 0 unspecified atom stereocenters. The van der Waals surface area contributed by atoms with Crippen LogP contribution >= 0.6 is 7.94 Å². The summed E-state index contributed by atoms with van der Waals surface area (Å²) in [5.74, 6) is -1.56. The molecule has 0 saturated carbocycles. The van der Waals surface area contributed by atoms with Gasteiger partial charge >= 0.3 is 13.9 Å². The van der Waals surface area contributed by atoms with E-state index in [2.05, 4.69) is 0 Å². The Morgan fingerprint density at radius 3 is 1.29 bits per heavy atom. The van der Waals surface area contributed by atoms with E-state index in [0.717, 1.165) is 38.5 Å². The molecule has 0 saturated heterocycles. The van der Waals surface area contributed by atoms with Crippen LogP contribution in [0.25, 0.3) is 0 Å². The maximum absolute atomic E-state index is 9.41. The van der Waals surface area contributed by atoms with Gasteiger partial charge in [-0.1, -0.05) is 40.0 Å². The van der Waals surface area contributed by atoms with Crippen molar-refractivity contribution < 1.29 is 28.9 Å². The van der Waals surface area contributed by atoms with Crippen LogP contribution in [-0.2, 0) is 14.2 Å². The third-order valence-electron chi connectivity index (χ3n) is 2.87. The quantitative estimate of drug-likeness (QED) is 0.258. The summed E-state index contributed by atoms with van der Waals surface area (Å²) in [5, 5.41) is 0. The maximum Gasteiger partial charge on any atom is 0.412 e. The first-order valence-electron chi connectivity index (χ1n) is 7.87. The highest BCUT2D eigenvalue weighted by atomic mass is 31.2. The van der Waals surface area contributed by atoms with E-state index in [1.807, 2.05) is 20.8 Å². The van der Waals surface area contributed by atoms with Gasteiger partial charge in [0, 0.05) is 0 Å². The van der Waals surface area contributed by atoms with Crippen molar-refractivity contribution in [2.24, 2.45) is 0 Å². The Hall–Kier alpha value is 0.190. The van der Waals surface area contributed by atoms with Crippen LogP contribution in [0.15, 0.2) is 0 Å². The summed E-state index contributed by atoms with van der Waals surface area (Å²) >= 11 is 0. The highest BCUT2D eigenvalue weighted by Crippen LogP contribution is 2.48. The molecular weight excluding hydrogens is 295 g/mol. The van der Waals surface area contributed by atoms with Crippen molar-refractivity contribution >= 4 is 7.94 Å². The molecule has 3 N–H and O–H groups in total. The van der Waals surface area contributed by atoms with E-state index in [4.69, 9.17) is 14.2 Å². The summed E-state index contributed by atoms with van der Waals surface area (Å²) in [6, 6.07) is 0. The molecule has 0 spiro atoms. The Bertz CT molecular complexity index is 218. The Morgan fingerprint density at radius 2 is 1.05 bits per heavy atom. The van der Waals surface area contributed by atoms with Crippen LogP contribution in [0.1, 0.15) is 59.3 Å². The van der Waals surface area contributed by atoms with Crippen LogP contribution < -0.4 is 0 Å². The summed E-state index contributed by atoms with van der Waals surface area (Å²) in [6.45, 7) is 7.24. The van der Waals surface area contributed by atoms with Crippen LogP contribution in [0.3, 0.4) is 0 Å². The van der Waals surface area contributed by atoms with Gasteiger partial charge in [0.05, 0.1) is 19.8 Å². The molecule has 0 aliphatic carbocycles. The molecule has 21 heavy (non-hydrogen) atoms. The Labute approximate surface area is 129 Å². The molecule has 0 heterocycles. The van der Waals surface area contributed by atoms with E-state index in [0.29, 0.717) is 19.8 Å². The Kier molecular flexibility index (Phi) is 11.8. The van der Waals surface area contributed by atoms with Gasteiger partial charge < -0.3 is 14.2 Å². The molecule has 0 aromatic carbocycles. The Morgan fingerprint density at radius 1 is 0.714 bits per heavy atom. The van der Waals surface area contributed by atoms with Gasteiger partial charge in [-0.15, -0.1) is 0 Å². The maximum atomic E-state index is 9.41. The molecule has 0 aliphatic heterocycles. The largest absolute Gasteiger partial charge is 0.412 e. The van der Waals surface area contributed by atoms with Crippen LogP contribution in [0.5, 0.6) is 0 Å². The smallest absolute Gasteiger partial charge is 0.324 e. The normalized spacial score (nSPS) is 12.9. The van der Waals surface area contributed by atoms with E-state index in [1.54, 1.807) is 0 Å². The summed E-state index contributed by atoms with van der Waals surface area (Å²) in [6.07, 6.45) is 4.79. The van der Waals surface area contributed by atoms with Crippen molar-refractivity contribution in [2.75, 3.05) is 26.0 Å². The molecule has 0 aliphatic rings. The lowest BCUT2D eigenvalue weighted by molar-refractivity contribution is -0.369. The van der Waals surface area contributed by atoms with E-state index in [1.165, 1.54) is 0 Å². The first-order valence-corrected chi connectivity index (χ1v) is 9.70. The van der Waals surface area contributed by atoms with Crippen molar-refractivity contribution in [3.63, 3.8) is 0 Å². The monoisotopic (exact) mass is 327 g/mol. The summed E-state index contributed by atoms with van der Waals surface area (Å²) < 4.78 is 16.9. The number of hydrogen-bond donors (Lipinski definition) is 3. The average Bonchev–Trinajstić information content (AvgIpc) is 2.38. The molecule has 0 bridgehead atoms. The molecule has 0 aromatic rings. The number of rotatable bonds is 14. The molecule has 0 rings (SSSR count). The third-order valence-corrected chi connectivity index (χ3v) is 3.68. The molecule has 0 atom stereocenters. The highest BCUT2D eigenvalue weighted by Gasteiger charge is 2.48. The third kappa shape index (κ3) is 11.4.